The highest BCUT2D eigenvalue weighted by Gasteiger charge is 2.27. The van der Waals surface area contributed by atoms with E-state index in [4.69, 9.17) is 4.42 Å². The van der Waals surface area contributed by atoms with Crippen LogP contribution in [-0.4, -0.2) is 34.2 Å². The lowest BCUT2D eigenvalue weighted by Gasteiger charge is -2.30. The fraction of sp³-hybridized carbons (Fsp3) is 0.250. The van der Waals surface area contributed by atoms with Crippen LogP contribution in [0.15, 0.2) is 52.9 Å². The number of carbonyl (C=O) groups is 1. The molecular weight excluding hydrogens is 366 g/mol. The van der Waals surface area contributed by atoms with Crippen molar-refractivity contribution in [2.75, 3.05) is 18.4 Å². The number of rotatable bonds is 3. The van der Waals surface area contributed by atoms with Crippen LogP contribution in [0.2, 0.25) is 0 Å². The second-order valence-electron chi connectivity index (χ2n) is 6.62. The highest BCUT2D eigenvalue weighted by atomic mass is 19.1. The number of para-hydroxylation sites is 1. The quantitative estimate of drug-likeness (QED) is 0.725. The van der Waals surface area contributed by atoms with E-state index in [0.717, 1.165) is 0 Å². The number of aromatic nitrogens is 2. The third kappa shape index (κ3) is 3.85. The van der Waals surface area contributed by atoms with Gasteiger partial charge >= 0.3 is 6.03 Å². The number of urea groups is 1. The van der Waals surface area contributed by atoms with Crippen LogP contribution in [0.3, 0.4) is 0 Å². The molecule has 6 nitrogen and oxygen atoms in total. The molecule has 28 heavy (non-hydrogen) atoms. The number of hydrogen-bond acceptors (Lipinski definition) is 4. The number of halogens is 2. The molecule has 0 spiro atoms. The number of benzene rings is 2. The first-order chi connectivity index (χ1) is 13.6. The SMILES string of the molecule is O=C(Nc1ccccc1F)N1CCC(c2nnc(-c3ccc(F)cc3)o2)CC1. The first-order valence-electron chi connectivity index (χ1n) is 9.00. The molecule has 2 heterocycles. The van der Waals surface area contributed by atoms with Crippen molar-refractivity contribution in [2.24, 2.45) is 0 Å². The van der Waals surface area contributed by atoms with Crippen LogP contribution in [0, 0.1) is 11.6 Å². The van der Waals surface area contributed by atoms with Crippen LogP contribution in [0.25, 0.3) is 11.5 Å². The zero-order valence-electron chi connectivity index (χ0n) is 14.9. The Kier molecular flexibility index (Phi) is 5.01. The Balaban J connectivity index is 1.36. The summed E-state index contributed by atoms with van der Waals surface area (Å²) in [7, 11) is 0. The Morgan fingerprint density at radius 2 is 1.75 bits per heavy atom. The van der Waals surface area contributed by atoms with Crippen LogP contribution in [0.1, 0.15) is 24.7 Å². The van der Waals surface area contributed by atoms with E-state index in [0.29, 0.717) is 43.3 Å². The maximum Gasteiger partial charge on any atom is 0.321 e. The Morgan fingerprint density at radius 1 is 1.04 bits per heavy atom. The van der Waals surface area contributed by atoms with Gasteiger partial charge in [-0.3, -0.25) is 0 Å². The second kappa shape index (κ2) is 7.75. The number of anilines is 1. The summed E-state index contributed by atoms with van der Waals surface area (Å²) in [5.41, 5.74) is 0.817. The van der Waals surface area contributed by atoms with Crippen LogP contribution in [0.5, 0.6) is 0 Å². The van der Waals surface area contributed by atoms with Crippen LogP contribution in [0.4, 0.5) is 19.3 Å². The number of nitrogens with zero attached hydrogens (tertiary/aromatic N) is 3. The zero-order valence-corrected chi connectivity index (χ0v) is 14.9. The molecule has 2 amide bonds. The van der Waals surface area contributed by atoms with Gasteiger partial charge in [0.2, 0.25) is 11.8 Å². The fourth-order valence-electron chi connectivity index (χ4n) is 3.20. The lowest BCUT2D eigenvalue weighted by molar-refractivity contribution is 0.190. The monoisotopic (exact) mass is 384 g/mol. The highest BCUT2D eigenvalue weighted by Crippen LogP contribution is 2.29. The first-order valence-corrected chi connectivity index (χ1v) is 9.00. The number of hydrogen-bond donors (Lipinski definition) is 1. The van der Waals surface area contributed by atoms with Crippen molar-refractivity contribution in [1.82, 2.24) is 15.1 Å². The fourth-order valence-corrected chi connectivity index (χ4v) is 3.20. The second-order valence-corrected chi connectivity index (χ2v) is 6.62. The predicted molar refractivity (Wildman–Crippen MR) is 98.7 cm³/mol. The van der Waals surface area contributed by atoms with Crippen LogP contribution >= 0.6 is 0 Å². The van der Waals surface area contributed by atoms with Gasteiger partial charge in [-0.25, -0.2) is 13.6 Å². The summed E-state index contributed by atoms with van der Waals surface area (Å²) < 4.78 is 32.5. The lowest BCUT2D eigenvalue weighted by Crippen LogP contribution is -2.40. The molecule has 0 radical (unpaired) electrons. The van der Waals surface area contributed by atoms with Crippen molar-refractivity contribution < 1.29 is 18.0 Å². The molecule has 1 saturated heterocycles. The molecule has 2 aromatic carbocycles. The van der Waals surface area contributed by atoms with E-state index in [1.165, 1.54) is 24.3 Å². The van der Waals surface area contributed by atoms with E-state index >= 15 is 0 Å². The van der Waals surface area contributed by atoms with Gasteiger partial charge in [-0.2, -0.15) is 0 Å². The van der Waals surface area contributed by atoms with Crippen LogP contribution in [-0.2, 0) is 0 Å². The Labute approximate surface area is 160 Å². The van der Waals surface area contributed by atoms with Gasteiger partial charge in [-0.1, -0.05) is 12.1 Å². The summed E-state index contributed by atoms with van der Waals surface area (Å²) in [6.45, 7) is 0.998. The standard InChI is InChI=1S/C20H18F2N4O2/c21-15-7-5-13(6-8-15)18-24-25-19(28-18)14-9-11-26(12-10-14)20(27)23-17-4-2-1-3-16(17)22/h1-8,14H,9-12H2,(H,23,27). The number of likely N-dealkylation sites (tertiary alicyclic amines) is 1. The van der Waals surface area contributed by atoms with E-state index in [1.807, 2.05) is 0 Å². The molecular formula is C20H18F2N4O2. The number of piperidine rings is 1. The first kappa shape index (κ1) is 18.1. The normalized spacial score (nSPS) is 14.9. The molecule has 8 heteroatoms. The van der Waals surface area contributed by atoms with Gasteiger partial charge in [0.05, 0.1) is 5.69 Å². The number of amides is 2. The highest BCUT2D eigenvalue weighted by molar-refractivity contribution is 5.89. The maximum absolute atomic E-state index is 13.7. The number of carbonyl (C=O) groups excluding carboxylic acids is 1. The molecule has 1 aliphatic rings. The summed E-state index contributed by atoms with van der Waals surface area (Å²) in [6.07, 6.45) is 1.32. The number of nitrogens with one attached hydrogen (secondary N) is 1. The summed E-state index contributed by atoms with van der Waals surface area (Å²) >= 11 is 0. The van der Waals surface area contributed by atoms with Gasteiger partial charge in [0.15, 0.2) is 0 Å². The summed E-state index contributed by atoms with van der Waals surface area (Å²) in [6, 6.07) is 11.6. The average molecular weight is 384 g/mol. The van der Waals surface area contributed by atoms with E-state index in [1.54, 1.807) is 29.2 Å². The Bertz CT molecular complexity index is 966. The predicted octanol–water partition coefficient (Wildman–Crippen LogP) is 4.43. The molecule has 0 aliphatic carbocycles. The van der Waals surface area contributed by atoms with E-state index in [9.17, 15) is 13.6 Å². The third-order valence-electron chi connectivity index (χ3n) is 4.78. The van der Waals surface area contributed by atoms with Gasteiger partial charge in [0.1, 0.15) is 11.6 Å². The van der Waals surface area contributed by atoms with Crippen molar-refractivity contribution in [3.63, 3.8) is 0 Å². The third-order valence-corrected chi connectivity index (χ3v) is 4.78. The van der Waals surface area contributed by atoms with Gasteiger partial charge in [-0.15, -0.1) is 10.2 Å². The molecule has 3 aromatic rings. The molecule has 144 valence electrons. The minimum Gasteiger partial charge on any atom is -0.420 e. The minimum absolute atomic E-state index is 0.0409. The molecule has 1 aromatic heterocycles. The van der Waals surface area contributed by atoms with Crippen molar-refractivity contribution in [3.8, 4) is 11.5 Å². The average Bonchev–Trinajstić information content (AvgIpc) is 3.20. The van der Waals surface area contributed by atoms with Crippen molar-refractivity contribution in [1.29, 1.82) is 0 Å². The Hall–Kier alpha value is -3.29. The molecule has 0 saturated carbocycles. The maximum atomic E-state index is 13.7. The van der Waals surface area contributed by atoms with Crippen molar-refractivity contribution >= 4 is 11.7 Å². The van der Waals surface area contributed by atoms with Gasteiger partial charge < -0.3 is 14.6 Å². The smallest absolute Gasteiger partial charge is 0.321 e. The lowest BCUT2D eigenvalue weighted by atomic mass is 9.97. The topological polar surface area (TPSA) is 71.3 Å². The van der Waals surface area contributed by atoms with Gasteiger partial charge in [0, 0.05) is 24.6 Å². The Morgan fingerprint density at radius 3 is 2.46 bits per heavy atom. The molecule has 0 unspecified atom stereocenters. The van der Waals surface area contributed by atoms with Gasteiger partial charge in [0.25, 0.3) is 0 Å². The molecule has 1 N–H and O–H groups in total. The van der Waals surface area contributed by atoms with E-state index in [2.05, 4.69) is 15.5 Å². The van der Waals surface area contributed by atoms with Crippen molar-refractivity contribution in [2.45, 2.75) is 18.8 Å². The van der Waals surface area contributed by atoms with E-state index in [-0.39, 0.29) is 23.5 Å². The molecule has 0 atom stereocenters. The summed E-state index contributed by atoms with van der Waals surface area (Å²) in [4.78, 5) is 14.0. The van der Waals surface area contributed by atoms with Crippen LogP contribution < -0.4 is 5.32 Å². The largest absolute Gasteiger partial charge is 0.420 e. The molecule has 1 fully saturated rings. The molecule has 4 rings (SSSR count). The molecule has 0 bridgehead atoms. The minimum atomic E-state index is -0.468. The van der Waals surface area contributed by atoms with Gasteiger partial charge in [-0.05, 0) is 49.2 Å². The summed E-state index contributed by atoms with van der Waals surface area (Å²) in [5, 5.41) is 10.7. The summed E-state index contributed by atoms with van der Waals surface area (Å²) in [5.74, 6) is 0.0943. The van der Waals surface area contributed by atoms with Crippen molar-refractivity contribution in [3.05, 3.63) is 66.1 Å². The zero-order chi connectivity index (χ0) is 19.5. The van der Waals surface area contributed by atoms with E-state index < -0.39 is 5.82 Å². The molecule has 1 aliphatic heterocycles.